The summed E-state index contributed by atoms with van der Waals surface area (Å²) in [6, 6.07) is 7.45. The van der Waals surface area contributed by atoms with Crippen LogP contribution in [-0.4, -0.2) is 35.1 Å². The van der Waals surface area contributed by atoms with E-state index in [0.29, 0.717) is 6.54 Å². The Labute approximate surface area is 146 Å². The fourth-order valence-electron chi connectivity index (χ4n) is 2.26. The molecule has 0 aliphatic heterocycles. The maximum Gasteiger partial charge on any atom is 0.243 e. The summed E-state index contributed by atoms with van der Waals surface area (Å²) in [6.45, 7) is 2.65. The average molecular weight is 361 g/mol. The highest BCUT2D eigenvalue weighted by molar-refractivity contribution is 7.89. The fraction of sp³-hybridized carbons (Fsp3) is 0.250. The van der Waals surface area contributed by atoms with Crippen LogP contribution in [0.3, 0.4) is 0 Å². The Morgan fingerprint density at radius 1 is 1.20 bits per heavy atom. The SMILES string of the molecule is CCn1cc(S(=O)(=O)NCc2cnn(-c3cccc(OC)c3)c2)cn1. The summed E-state index contributed by atoms with van der Waals surface area (Å²) in [5.74, 6) is 0.725. The number of aromatic nitrogens is 4. The first-order chi connectivity index (χ1) is 12.0. The standard InChI is InChI=1S/C16H19N5O3S/c1-3-20-12-16(10-17-20)25(22,23)19-9-13-8-18-21(11-13)14-5-4-6-15(7-14)24-2/h4-8,10-12,19H,3,9H2,1-2H3. The van der Waals surface area contributed by atoms with Crippen molar-refractivity contribution in [2.45, 2.75) is 24.9 Å². The number of benzene rings is 1. The molecule has 3 rings (SSSR count). The molecule has 25 heavy (non-hydrogen) atoms. The third kappa shape index (κ3) is 3.89. The van der Waals surface area contributed by atoms with Gasteiger partial charge in [-0.25, -0.2) is 17.8 Å². The van der Waals surface area contributed by atoms with Crippen LogP contribution in [0.15, 0.2) is 53.9 Å². The van der Waals surface area contributed by atoms with Gasteiger partial charge in [-0.3, -0.25) is 4.68 Å². The summed E-state index contributed by atoms with van der Waals surface area (Å²) in [5, 5.41) is 8.25. The summed E-state index contributed by atoms with van der Waals surface area (Å²) in [6.07, 6.45) is 6.23. The van der Waals surface area contributed by atoms with E-state index in [9.17, 15) is 8.42 Å². The summed E-state index contributed by atoms with van der Waals surface area (Å²) in [5.41, 5.74) is 1.58. The molecule has 2 heterocycles. The molecule has 9 heteroatoms. The fourth-order valence-corrected chi connectivity index (χ4v) is 3.23. The molecule has 1 aromatic carbocycles. The van der Waals surface area contributed by atoms with Crippen LogP contribution in [0.4, 0.5) is 0 Å². The van der Waals surface area contributed by atoms with Gasteiger partial charge in [0.1, 0.15) is 10.6 Å². The van der Waals surface area contributed by atoms with Crippen LogP contribution in [-0.2, 0) is 23.1 Å². The van der Waals surface area contributed by atoms with Crippen LogP contribution in [0, 0.1) is 0 Å². The first kappa shape index (κ1) is 17.2. The van der Waals surface area contributed by atoms with E-state index in [4.69, 9.17) is 4.74 Å². The summed E-state index contributed by atoms with van der Waals surface area (Å²) in [7, 11) is -2.00. The van der Waals surface area contributed by atoms with Gasteiger partial charge in [0, 0.05) is 37.1 Å². The van der Waals surface area contributed by atoms with Gasteiger partial charge in [0.05, 0.1) is 25.2 Å². The predicted molar refractivity (Wildman–Crippen MR) is 92.0 cm³/mol. The molecule has 0 bridgehead atoms. The van der Waals surface area contributed by atoms with Crippen molar-refractivity contribution >= 4 is 10.0 Å². The van der Waals surface area contributed by atoms with Crippen molar-refractivity contribution in [1.82, 2.24) is 24.3 Å². The Hall–Kier alpha value is -2.65. The number of sulfonamides is 1. The van der Waals surface area contributed by atoms with E-state index in [1.807, 2.05) is 31.2 Å². The average Bonchev–Trinajstić information content (AvgIpc) is 3.30. The number of nitrogens with zero attached hydrogens (tertiary/aromatic N) is 4. The second-order valence-corrected chi connectivity index (χ2v) is 7.12. The van der Waals surface area contributed by atoms with Gasteiger partial charge in [-0.2, -0.15) is 10.2 Å². The normalized spacial score (nSPS) is 11.6. The van der Waals surface area contributed by atoms with E-state index in [1.54, 1.807) is 28.9 Å². The molecule has 132 valence electrons. The number of aryl methyl sites for hydroxylation is 1. The highest BCUT2D eigenvalue weighted by atomic mass is 32.2. The van der Waals surface area contributed by atoms with E-state index >= 15 is 0 Å². The van der Waals surface area contributed by atoms with E-state index in [-0.39, 0.29) is 11.4 Å². The highest BCUT2D eigenvalue weighted by Gasteiger charge is 2.16. The zero-order chi connectivity index (χ0) is 17.9. The minimum absolute atomic E-state index is 0.142. The van der Waals surface area contributed by atoms with Gasteiger partial charge < -0.3 is 4.74 Å². The lowest BCUT2D eigenvalue weighted by atomic mass is 10.3. The number of ether oxygens (including phenoxy) is 1. The molecule has 0 unspecified atom stereocenters. The molecule has 0 aliphatic rings. The molecule has 0 radical (unpaired) electrons. The second kappa shape index (κ2) is 7.08. The third-order valence-electron chi connectivity index (χ3n) is 3.66. The van der Waals surface area contributed by atoms with Crippen molar-refractivity contribution in [3.8, 4) is 11.4 Å². The zero-order valence-corrected chi connectivity index (χ0v) is 14.8. The van der Waals surface area contributed by atoms with Crippen molar-refractivity contribution in [3.63, 3.8) is 0 Å². The summed E-state index contributed by atoms with van der Waals surface area (Å²) >= 11 is 0. The molecule has 0 atom stereocenters. The second-order valence-electron chi connectivity index (χ2n) is 5.35. The topological polar surface area (TPSA) is 91.0 Å². The minimum Gasteiger partial charge on any atom is -0.497 e. The van der Waals surface area contributed by atoms with Crippen molar-refractivity contribution in [1.29, 1.82) is 0 Å². The van der Waals surface area contributed by atoms with Gasteiger partial charge in [-0.15, -0.1) is 0 Å². The van der Waals surface area contributed by atoms with Gasteiger partial charge in [-0.1, -0.05) is 6.07 Å². The van der Waals surface area contributed by atoms with Gasteiger partial charge in [0.25, 0.3) is 0 Å². The Balaban J connectivity index is 1.71. The monoisotopic (exact) mass is 361 g/mol. The van der Waals surface area contributed by atoms with Crippen molar-refractivity contribution in [2.75, 3.05) is 7.11 Å². The minimum atomic E-state index is -3.60. The lowest BCUT2D eigenvalue weighted by Gasteiger charge is -2.04. The summed E-state index contributed by atoms with van der Waals surface area (Å²) < 4.78 is 35.6. The first-order valence-electron chi connectivity index (χ1n) is 7.72. The predicted octanol–water partition coefficient (Wildman–Crippen LogP) is 1.58. The molecule has 0 aliphatic carbocycles. The smallest absolute Gasteiger partial charge is 0.243 e. The third-order valence-corrected chi connectivity index (χ3v) is 5.02. The van der Waals surface area contributed by atoms with E-state index in [0.717, 1.165) is 17.0 Å². The number of rotatable bonds is 7. The van der Waals surface area contributed by atoms with Gasteiger partial charge in [0.2, 0.25) is 10.0 Å². The molecule has 0 saturated carbocycles. The van der Waals surface area contributed by atoms with Crippen LogP contribution in [0.25, 0.3) is 5.69 Å². The van der Waals surface area contributed by atoms with Crippen LogP contribution < -0.4 is 9.46 Å². The number of hydrogen-bond acceptors (Lipinski definition) is 5. The number of hydrogen-bond donors (Lipinski definition) is 1. The molecule has 3 aromatic rings. The van der Waals surface area contributed by atoms with Crippen LogP contribution in [0.2, 0.25) is 0 Å². The van der Waals surface area contributed by atoms with Crippen molar-refractivity contribution in [3.05, 3.63) is 54.6 Å². The lowest BCUT2D eigenvalue weighted by Crippen LogP contribution is -2.22. The molecule has 0 amide bonds. The Morgan fingerprint density at radius 3 is 2.76 bits per heavy atom. The Bertz CT molecular complexity index is 962. The van der Waals surface area contributed by atoms with Crippen molar-refractivity contribution in [2.24, 2.45) is 0 Å². The first-order valence-corrected chi connectivity index (χ1v) is 9.20. The van der Waals surface area contributed by atoms with Crippen molar-refractivity contribution < 1.29 is 13.2 Å². The van der Waals surface area contributed by atoms with Gasteiger partial charge >= 0.3 is 0 Å². The van der Waals surface area contributed by atoms with E-state index in [1.165, 1.54) is 12.4 Å². The number of methoxy groups -OCH3 is 1. The van der Waals surface area contributed by atoms with Gasteiger partial charge in [0.15, 0.2) is 0 Å². The lowest BCUT2D eigenvalue weighted by molar-refractivity contribution is 0.414. The Kier molecular flexibility index (Phi) is 4.86. The molecular formula is C16H19N5O3S. The molecular weight excluding hydrogens is 342 g/mol. The molecule has 0 fully saturated rings. The summed E-state index contributed by atoms with van der Waals surface area (Å²) in [4.78, 5) is 0.148. The van der Waals surface area contributed by atoms with E-state index in [2.05, 4.69) is 14.9 Å². The van der Waals surface area contributed by atoms with Crippen LogP contribution in [0.1, 0.15) is 12.5 Å². The molecule has 0 saturated heterocycles. The number of nitrogens with one attached hydrogen (secondary N) is 1. The van der Waals surface area contributed by atoms with Crippen LogP contribution in [0.5, 0.6) is 5.75 Å². The maximum absolute atomic E-state index is 12.3. The Morgan fingerprint density at radius 2 is 2.04 bits per heavy atom. The zero-order valence-electron chi connectivity index (χ0n) is 14.0. The van der Waals surface area contributed by atoms with Crippen LogP contribution >= 0.6 is 0 Å². The maximum atomic E-state index is 12.3. The molecule has 2 aromatic heterocycles. The quantitative estimate of drug-likeness (QED) is 0.690. The van der Waals surface area contributed by atoms with E-state index < -0.39 is 10.0 Å². The molecule has 0 spiro atoms. The molecule has 8 nitrogen and oxygen atoms in total. The highest BCUT2D eigenvalue weighted by Crippen LogP contribution is 2.16. The van der Waals surface area contributed by atoms with Gasteiger partial charge in [-0.05, 0) is 19.1 Å². The largest absolute Gasteiger partial charge is 0.497 e. The molecule has 1 N–H and O–H groups in total.